The van der Waals surface area contributed by atoms with Crippen molar-refractivity contribution in [1.82, 2.24) is 15.6 Å². The average Bonchev–Trinajstić information content (AvgIpc) is 2.36. The van der Waals surface area contributed by atoms with E-state index in [-0.39, 0.29) is 17.2 Å². The number of urea groups is 1. The molecule has 8 heteroatoms. The topological polar surface area (TPSA) is 114 Å². The van der Waals surface area contributed by atoms with Crippen LogP contribution in [0.5, 0.6) is 0 Å². The third-order valence-corrected chi connectivity index (χ3v) is 2.09. The summed E-state index contributed by atoms with van der Waals surface area (Å²) >= 11 is 0. The van der Waals surface area contributed by atoms with Crippen molar-refractivity contribution < 1.29 is 14.5 Å². The van der Waals surface area contributed by atoms with Crippen LogP contribution in [0.1, 0.15) is 24.2 Å². The maximum absolute atomic E-state index is 11.6. The Balaban J connectivity index is 2.65. The Kier molecular flexibility index (Phi) is 4.92. The lowest BCUT2D eigenvalue weighted by atomic mass is 10.2. The van der Waals surface area contributed by atoms with Gasteiger partial charge in [0.05, 0.1) is 10.5 Å². The first-order valence-electron chi connectivity index (χ1n) is 5.58. The van der Waals surface area contributed by atoms with Crippen molar-refractivity contribution in [2.75, 3.05) is 6.54 Å². The van der Waals surface area contributed by atoms with Crippen molar-refractivity contribution in [2.24, 2.45) is 5.92 Å². The number of rotatable bonds is 4. The first kappa shape index (κ1) is 14.6. The van der Waals surface area contributed by atoms with E-state index >= 15 is 0 Å². The second-order valence-electron chi connectivity index (χ2n) is 4.25. The zero-order chi connectivity index (χ0) is 14.4. The van der Waals surface area contributed by atoms with E-state index in [1.807, 2.05) is 13.8 Å². The van der Waals surface area contributed by atoms with Crippen LogP contribution in [0.4, 0.5) is 10.5 Å². The van der Waals surface area contributed by atoms with Crippen molar-refractivity contribution in [2.45, 2.75) is 13.8 Å². The van der Waals surface area contributed by atoms with Crippen LogP contribution in [0, 0.1) is 16.0 Å². The van der Waals surface area contributed by atoms with Gasteiger partial charge in [0.1, 0.15) is 6.20 Å². The lowest BCUT2D eigenvalue weighted by Gasteiger charge is -2.08. The van der Waals surface area contributed by atoms with Gasteiger partial charge in [0.15, 0.2) is 0 Å². The molecule has 19 heavy (non-hydrogen) atoms. The van der Waals surface area contributed by atoms with E-state index < -0.39 is 16.9 Å². The number of nitrogens with one attached hydrogen (secondary N) is 2. The number of hydrogen-bond acceptors (Lipinski definition) is 5. The molecular weight excluding hydrogens is 252 g/mol. The van der Waals surface area contributed by atoms with E-state index in [0.29, 0.717) is 6.54 Å². The standard InChI is InChI=1S/C11H14N4O4/c1-7(2)4-13-11(17)14-10(16)8-3-9(15(18)19)6-12-5-8/h3,5-7H,4H2,1-2H3,(H2,13,14,16,17). The minimum atomic E-state index is -0.738. The largest absolute Gasteiger partial charge is 0.338 e. The van der Waals surface area contributed by atoms with E-state index in [4.69, 9.17) is 0 Å². The molecule has 102 valence electrons. The predicted molar refractivity (Wildman–Crippen MR) is 66.6 cm³/mol. The summed E-state index contributed by atoms with van der Waals surface area (Å²) in [4.78, 5) is 36.4. The second kappa shape index (κ2) is 6.43. The molecule has 1 heterocycles. The van der Waals surface area contributed by atoms with Gasteiger partial charge in [-0.3, -0.25) is 25.2 Å². The van der Waals surface area contributed by atoms with E-state index in [9.17, 15) is 19.7 Å². The van der Waals surface area contributed by atoms with Gasteiger partial charge >= 0.3 is 6.03 Å². The first-order valence-corrected chi connectivity index (χ1v) is 5.58. The van der Waals surface area contributed by atoms with Gasteiger partial charge in [-0.25, -0.2) is 4.79 Å². The number of amides is 3. The highest BCUT2D eigenvalue weighted by Crippen LogP contribution is 2.10. The Hall–Kier alpha value is -2.51. The van der Waals surface area contributed by atoms with Gasteiger partial charge in [-0.1, -0.05) is 13.8 Å². The van der Waals surface area contributed by atoms with Crippen LogP contribution in [0.2, 0.25) is 0 Å². The van der Waals surface area contributed by atoms with Gasteiger partial charge < -0.3 is 5.32 Å². The van der Waals surface area contributed by atoms with Crippen LogP contribution in [0.15, 0.2) is 18.5 Å². The summed E-state index contributed by atoms with van der Waals surface area (Å²) in [6.07, 6.45) is 2.17. The second-order valence-corrected chi connectivity index (χ2v) is 4.25. The summed E-state index contributed by atoms with van der Waals surface area (Å²) < 4.78 is 0. The zero-order valence-electron chi connectivity index (χ0n) is 10.5. The monoisotopic (exact) mass is 266 g/mol. The van der Waals surface area contributed by atoms with Crippen molar-refractivity contribution in [3.63, 3.8) is 0 Å². The molecule has 0 saturated heterocycles. The summed E-state index contributed by atoms with van der Waals surface area (Å²) in [6, 6.07) is 0.406. The maximum Gasteiger partial charge on any atom is 0.321 e. The van der Waals surface area contributed by atoms with Gasteiger partial charge in [-0.05, 0) is 5.92 Å². The molecule has 3 amide bonds. The normalized spacial score (nSPS) is 10.1. The molecule has 0 aliphatic carbocycles. The lowest BCUT2D eigenvalue weighted by Crippen LogP contribution is -2.40. The van der Waals surface area contributed by atoms with Gasteiger partial charge in [0, 0.05) is 18.8 Å². The van der Waals surface area contributed by atoms with Crippen LogP contribution in [0.3, 0.4) is 0 Å². The Labute approximate surface area is 109 Å². The average molecular weight is 266 g/mol. The van der Waals surface area contributed by atoms with Gasteiger partial charge in [0.2, 0.25) is 0 Å². The summed E-state index contributed by atoms with van der Waals surface area (Å²) in [5.74, 6) is -0.488. The smallest absolute Gasteiger partial charge is 0.321 e. The molecular formula is C11H14N4O4. The van der Waals surface area contributed by atoms with Crippen molar-refractivity contribution >= 4 is 17.6 Å². The molecule has 0 aliphatic heterocycles. The summed E-state index contributed by atoms with van der Waals surface area (Å²) in [6.45, 7) is 4.24. The van der Waals surface area contributed by atoms with Gasteiger partial charge in [-0.15, -0.1) is 0 Å². The molecule has 0 spiro atoms. The van der Waals surface area contributed by atoms with Gasteiger partial charge in [-0.2, -0.15) is 0 Å². The van der Waals surface area contributed by atoms with Crippen LogP contribution < -0.4 is 10.6 Å². The fourth-order valence-corrected chi connectivity index (χ4v) is 1.17. The number of carbonyl (C=O) groups excluding carboxylic acids is 2. The van der Waals surface area contributed by atoms with E-state index in [2.05, 4.69) is 15.6 Å². The van der Waals surface area contributed by atoms with Crippen LogP contribution >= 0.6 is 0 Å². The van der Waals surface area contributed by atoms with Gasteiger partial charge in [0.25, 0.3) is 11.6 Å². The number of pyridine rings is 1. The summed E-state index contributed by atoms with van der Waals surface area (Å²) in [7, 11) is 0. The van der Waals surface area contributed by atoms with Crippen LogP contribution in [-0.2, 0) is 0 Å². The molecule has 0 saturated carbocycles. The SMILES string of the molecule is CC(C)CNC(=O)NC(=O)c1cncc([N+](=O)[O-])c1. The Morgan fingerprint density at radius 3 is 2.68 bits per heavy atom. The van der Waals surface area contributed by atoms with Crippen molar-refractivity contribution in [3.05, 3.63) is 34.1 Å². The molecule has 1 aromatic heterocycles. The molecule has 1 aromatic rings. The molecule has 0 unspecified atom stereocenters. The fraction of sp³-hybridized carbons (Fsp3) is 0.364. The summed E-state index contributed by atoms with van der Waals surface area (Å²) in [5, 5.41) is 15.1. The molecule has 0 aromatic carbocycles. The minimum Gasteiger partial charge on any atom is -0.338 e. The molecule has 8 nitrogen and oxygen atoms in total. The molecule has 2 N–H and O–H groups in total. The number of aromatic nitrogens is 1. The predicted octanol–water partition coefficient (Wildman–Crippen LogP) is 1.09. The quantitative estimate of drug-likeness (QED) is 0.625. The molecule has 1 rings (SSSR count). The van der Waals surface area contributed by atoms with Crippen molar-refractivity contribution in [3.8, 4) is 0 Å². The third-order valence-electron chi connectivity index (χ3n) is 2.09. The Morgan fingerprint density at radius 2 is 2.11 bits per heavy atom. The zero-order valence-corrected chi connectivity index (χ0v) is 10.5. The molecule has 0 aliphatic rings. The molecule has 0 radical (unpaired) electrons. The minimum absolute atomic E-state index is 0.0473. The fourth-order valence-electron chi connectivity index (χ4n) is 1.17. The summed E-state index contributed by atoms with van der Waals surface area (Å²) in [5.41, 5.74) is -0.357. The first-order chi connectivity index (χ1) is 8.90. The Bertz CT molecular complexity index is 501. The van der Waals surface area contributed by atoms with E-state index in [1.165, 1.54) is 0 Å². The third kappa shape index (κ3) is 4.70. The lowest BCUT2D eigenvalue weighted by molar-refractivity contribution is -0.385. The number of imide groups is 1. The molecule has 0 atom stereocenters. The van der Waals surface area contributed by atoms with Crippen LogP contribution in [-0.4, -0.2) is 28.4 Å². The number of nitro groups is 1. The molecule has 0 fully saturated rings. The Morgan fingerprint density at radius 1 is 1.42 bits per heavy atom. The molecule has 0 bridgehead atoms. The highest BCUT2D eigenvalue weighted by atomic mass is 16.6. The maximum atomic E-state index is 11.6. The highest BCUT2D eigenvalue weighted by Gasteiger charge is 2.14. The van der Waals surface area contributed by atoms with Crippen LogP contribution in [0.25, 0.3) is 0 Å². The van der Waals surface area contributed by atoms with E-state index in [1.54, 1.807) is 0 Å². The number of hydrogen-bond donors (Lipinski definition) is 2. The van der Waals surface area contributed by atoms with Crippen molar-refractivity contribution in [1.29, 1.82) is 0 Å². The number of carbonyl (C=O) groups is 2. The highest BCUT2D eigenvalue weighted by molar-refractivity contribution is 6.04. The number of nitrogens with zero attached hydrogens (tertiary/aromatic N) is 2. The van der Waals surface area contributed by atoms with E-state index in [0.717, 1.165) is 18.5 Å².